The number of benzene rings is 2. The average Bonchev–Trinajstić information content (AvgIpc) is 3.02. The van der Waals surface area contributed by atoms with Gasteiger partial charge in [0.1, 0.15) is 24.4 Å². The highest BCUT2D eigenvalue weighted by Crippen LogP contribution is 2.31. The highest BCUT2D eigenvalue weighted by Gasteiger charge is 2.44. The van der Waals surface area contributed by atoms with Crippen LogP contribution in [0.15, 0.2) is 42.5 Å². The van der Waals surface area contributed by atoms with Crippen LogP contribution in [0.2, 0.25) is 0 Å². The monoisotopic (exact) mass is 634 g/mol. The van der Waals surface area contributed by atoms with E-state index in [0.717, 1.165) is 32.4 Å². The van der Waals surface area contributed by atoms with Crippen LogP contribution < -0.4 is 20.7 Å². The Morgan fingerprint density at radius 2 is 1.60 bits per heavy atom. The van der Waals surface area contributed by atoms with Gasteiger partial charge >= 0.3 is 0 Å². The molecule has 3 rings (SSSR count). The number of nitrogens with one attached hydrogen (secondary N) is 2. The van der Waals surface area contributed by atoms with Crippen molar-refractivity contribution < 1.29 is 60.1 Å². The highest BCUT2D eigenvalue weighted by molar-refractivity contribution is 5.91. The van der Waals surface area contributed by atoms with Crippen molar-refractivity contribution in [3.8, 4) is 23.0 Å². The number of aryl methyl sites for hydroxylation is 1. The number of phenols is 3. The minimum Gasteiger partial charge on any atom is -0.504 e. The van der Waals surface area contributed by atoms with Gasteiger partial charge in [-0.3, -0.25) is 9.59 Å². The molecule has 0 saturated carbocycles. The number of carbonyl (C=O) groups excluding carboxylic acids is 2. The average molecular weight is 635 g/mol. The number of nitrogens with two attached hydrogens (primary N) is 1. The fourth-order valence-electron chi connectivity index (χ4n) is 4.56. The molecule has 14 heteroatoms. The summed E-state index contributed by atoms with van der Waals surface area (Å²) in [5, 5.41) is 76.2. The van der Waals surface area contributed by atoms with Gasteiger partial charge in [-0.1, -0.05) is 12.1 Å². The predicted octanol–water partition coefficient (Wildman–Crippen LogP) is -1.41. The van der Waals surface area contributed by atoms with E-state index in [1.165, 1.54) is 30.3 Å². The molecule has 0 unspecified atom stereocenters. The second-order valence-electron chi connectivity index (χ2n) is 10.8. The van der Waals surface area contributed by atoms with E-state index in [9.17, 15) is 45.3 Å². The Kier molecular flexibility index (Phi) is 14.3. The van der Waals surface area contributed by atoms with E-state index in [4.69, 9.17) is 9.47 Å². The molecule has 0 aromatic heterocycles. The van der Waals surface area contributed by atoms with Crippen molar-refractivity contribution >= 4 is 17.9 Å². The normalized spacial score (nSPS) is 21.5. The molecule has 14 nitrogen and oxygen atoms in total. The van der Waals surface area contributed by atoms with Gasteiger partial charge in [0.15, 0.2) is 23.0 Å². The van der Waals surface area contributed by atoms with Gasteiger partial charge in [-0.25, -0.2) is 0 Å². The maximum absolute atomic E-state index is 12.3. The molecule has 1 aliphatic rings. The lowest BCUT2D eigenvalue weighted by atomic mass is 9.99. The fraction of sp³-hybridized carbons (Fsp3) is 0.484. The maximum Gasteiger partial charge on any atom is 0.244 e. The van der Waals surface area contributed by atoms with Crippen LogP contribution in [0.3, 0.4) is 0 Å². The first kappa shape index (κ1) is 35.6. The van der Waals surface area contributed by atoms with E-state index in [2.05, 4.69) is 16.0 Å². The summed E-state index contributed by atoms with van der Waals surface area (Å²) in [7, 11) is 0. The smallest absolute Gasteiger partial charge is 0.244 e. The van der Waals surface area contributed by atoms with Crippen molar-refractivity contribution in [3.63, 3.8) is 0 Å². The number of aliphatic hydroxyl groups is 4. The number of carbonyl (C=O) groups is 2. The van der Waals surface area contributed by atoms with Crippen molar-refractivity contribution in [1.29, 1.82) is 0 Å². The zero-order valence-corrected chi connectivity index (χ0v) is 24.9. The molecule has 1 saturated heterocycles. The lowest BCUT2D eigenvalue weighted by Crippen LogP contribution is -2.84. The Hall–Kier alpha value is -3.92. The third kappa shape index (κ3) is 11.5. The molecule has 0 bridgehead atoms. The summed E-state index contributed by atoms with van der Waals surface area (Å²) in [6, 6.07) is 8.80. The molecule has 0 radical (unpaired) electrons. The molecule has 248 valence electrons. The Bertz CT molecular complexity index is 1270. The van der Waals surface area contributed by atoms with Crippen LogP contribution in [-0.4, -0.2) is 111 Å². The number of aromatic hydroxyl groups is 3. The van der Waals surface area contributed by atoms with Crippen molar-refractivity contribution in [2.45, 2.75) is 62.8 Å². The Morgan fingerprint density at radius 1 is 0.867 bits per heavy atom. The fourth-order valence-corrected chi connectivity index (χ4v) is 4.56. The van der Waals surface area contributed by atoms with Crippen LogP contribution in [0.4, 0.5) is 0 Å². The zero-order valence-electron chi connectivity index (χ0n) is 24.9. The van der Waals surface area contributed by atoms with Gasteiger partial charge in [0.05, 0.1) is 19.7 Å². The minimum absolute atomic E-state index is 0.0415. The molecular formula is C31H44N3O11+. The summed E-state index contributed by atoms with van der Waals surface area (Å²) in [6.45, 7) is 2.19. The van der Waals surface area contributed by atoms with Gasteiger partial charge in [0.2, 0.25) is 18.1 Å². The predicted molar refractivity (Wildman–Crippen MR) is 161 cm³/mol. The highest BCUT2D eigenvalue weighted by atomic mass is 16.7. The number of ether oxygens (including phenoxy) is 2. The number of hydrogen-bond donors (Lipinski definition) is 10. The molecule has 1 aliphatic heterocycles. The molecule has 11 N–H and O–H groups in total. The molecule has 2 aromatic rings. The van der Waals surface area contributed by atoms with E-state index in [1.54, 1.807) is 18.2 Å². The number of hydrogen-bond acceptors (Lipinski definition) is 11. The second-order valence-corrected chi connectivity index (χ2v) is 10.8. The molecule has 2 aromatic carbocycles. The largest absolute Gasteiger partial charge is 0.504 e. The van der Waals surface area contributed by atoms with E-state index < -0.39 is 37.3 Å². The number of unbranched alkanes of at least 4 members (excludes halogenated alkanes) is 1. The summed E-state index contributed by atoms with van der Waals surface area (Å²) in [6.07, 6.45) is -1.35. The second kappa shape index (κ2) is 18.1. The van der Waals surface area contributed by atoms with Gasteiger partial charge in [-0.05, 0) is 60.7 Å². The summed E-state index contributed by atoms with van der Waals surface area (Å²) in [5.74, 6) is -1.13. The minimum atomic E-state index is -1.62. The zero-order chi connectivity index (χ0) is 32.8. The van der Waals surface area contributed by atoms with Gasteiger partial charge < -0.3 is 61.2 Å². The quantitative estimate of drug-likeness (QED) is 0.0552. The van der Waals surface area contributed by atoms with Gasteiger partial charge in [-0.2, -0.15) is 0 Å². The van der Waals surface area contributed by atoms with Gasteiger partial charge in [0.25, 0.3) is 0 Å². The molecule has 2 amide bonds. The van der Waals surface area contributed by atoms with Crippen LogP contribution in [-0.2, 0) is 20.7 Å². The Balaban J connectivity index is 1.24. The Morgan fingerprint density at radius 3 is 2.36 bits per heavy atom. The van der Waals surface area contributed by atoms with Crippen molar-refractivity contribution in [1.82, 2.24) is 10.6 Å². The number of quaternary nitrogens is 1. The SMILES string of the molecule is O=C(/C=C/c1ccc(O)c(O)c1)NCCC[NH2+]CCCCNC(=O)CCc1ccc(O)c(O[C@@H]2O[C@H](CO)[C@@H](O)[C@H](O)[C@H]2O)c1. The number of amides is 2. The van der Waals surface area contributed by atoms with Crippen molar-refractivity contribution in [2.24, 2.45) is 0 Å². The van der Waals surface area contributed by atoms with Crippen LogP contribution in [0, 0.1) is 0 Å². The lowest BCUT2D eigenvalue weighted by Gasteiger charge is -2.39. The van der Waals surface area contributed by atoms with Crippen LogP contribution in [0.1, 0.15) is 36.8 Å². The summed E-state index contributed by atoms with van der Waals surface area (Å²) in [4.78, 5) is 24.2. The topological polar surface area (TPSA) is 235 Å². The first-order chi connectivity index (χ1) is 21.6. The molecule has 0 spiro atoms. The van der Waals surface area contributed by atoms with E-state index in [-0.39, 0.29) is 41.2 Å². The third-order valence-corrected chi connectivity index (χ3v) is 7.22. The summed E-state index contributed by atoms with van der Waals surface area (Å²) in [5.41, 5.74) is 1.28. The number of phenolic OH excluding ortho intramolecular Hbond substituents is 3. The van der Waals surface area contributed by atoms with Crippen LogP contribution in [0.5, 0.6) is 23.0 Å². The molecular weight excluding hydrogens is 590 g/mol. The first-order valence-electron chi connectivity index (χ1n) is 14.9. The molecule has 0 aliphatic carbocycles. The first-order valence-corrected chi connectivity index (χ1v) is 14.9. The van der Waals surface area contributed by atoms with E-state index in [1.807, 2.05) is 0 Å². The standard InChI is InChI=1S/C31H43N3O11/c35-18-25-28(41)29(42)30(43)31(45-25)44-24-17-20(5-9-22(24)37)7-11-26(39)33-14-2-1-12-32-13-3-15-34-27(40)10-6-19-4-8-21(36)23(38)16-19/h4-6,8-10,16-17,25,28-32,35-38,41-43H,1-3,7,11-15,18H2,(H,33,39)(H,34,40)/p+1/b10-6+/t25-,28-,29+,30-,31-/m1/s1. The Labute approximate surface area is 260 Å². The number of aliphatic hydroxyl groups excluding tert-OH is 4. The summed E-state index contributed by atoms with van der Waals surface area (Å²) < 4.78 is 10.8. The molecule has 45 heavy (non-hydrogen) atoms. The molecule has 1 fully saturated rings. The van der Waals surface area contributed by atoms with E-state index in [0.29, 0.717) is 30.6 Å². The summed E-state index contributed by atoms with van der Waals surface area (Å²) >= 11 is 0. The van der Waals surface area contributed by atoms with Crippen molar-refractivity contribution in [3.05, 3.63) is 53.6 Å². The lowest BCUT2D eigenvalue weighted by molar-refractivity contribution is -0.655. The molecule has 5 atom stereocenters. The number of rotatable bonds is 17. The maximum atomic E-state index is 12.3. The van der Waals surface area contributed by atoms with Crippen LogP contribution in [0.25, 0.3) is 6.08 Å². The molecule has 1 heterocycles. The third-order valence-electron chi connectivity index (χ3n) is 7.22. The van der Waals surface area contributed by atoms with Crippen LogP contribution >= 0.6 is 0 Å². The van der Waals surface area contributed by atoms with Gasteiger partial charge in [-0.15, -0.1) is 0 Å². The van der Waals surface area contributed by atoms with E-state index >= 15 is 0 Å². The van der Waals surface area contributed by atoms with Gasteiger partial charge in [0, 0.05) is 32.0 Å². The van der Waals surface area contributed by atoms with Crippen molar-refractivity contribution in [2.75, 3.05) is 32.8 Å².